The van der Waals surface area contributed by atoms with Crippen molar-refractivity contribution in [2.75, 3.05) is 26.2 Å². The van der Waals surface area contributed by atoms with E-state index < -0.39 is 0 Å². The Bertz CT molecular complexity index is 417. The van der Waals surface area contributed by atoms with Gasteiger partial charge in [-0.25, -0.2) is 0 Å². The fraction of sp³-hybridized carbons (Fsp3) is 0.529. The lowest BCUT2D eigenvalue weighted by Crippen LogP contribution is -2.44. The predicted octanol–water partition coefficient (Wildman–Crippen LogP) is 3.96. The fourth-order valence-electron chi connectivity index (χ4n) is 2.64. The molecular weight excluding hydrogens is 303 g/mol. The van der Waals surface area contributed by atoms with E-state index in [1.807, 2.05) is 0 Å². The molecule has 120 valence electrons. The van der Waals surface area contributed by atoms with Crippen LogP contribution in [0.25, 0.3) is 0 Å². The molecule has 0 aromatic heterocycles. The number of hydrogen-bond acceptors (Lipinski definition) is 2. The van der Waals surface area contributed by atoms with Gasteiger partial charge in [0.25, 0.3) is 0 Å². The minimum Gasteiger partial charge on any atom is -0.314 e. The molecular formula is C17H28Cl2N2. The van der Waals surface area contributed by atoms with Gasteiger partial charge in [-0.3, -0.25) is 4.90 Å². The quantitative estimate of drug-likeness (QED) is 0.844. The third-order valence-corrected chi connectivity index (χ3v) is 3.89. The van der Waals surface area contributed by atoms with E-state index in [-0.39, 0.29) is 30.2 Å². The molecule has 1 saturated heterocycles. The van der Waals surface area contributed by atoms with Crippen LogP contribution in [0.15, 0.2) is 36.9 Å². The maximum Gasteiger partial charge on any atom is 0.0529 e. The van der Waals surface area contributed by atoms with Crippen LogP contribution in [0.3, 0.4) is 0 Å². The molecule has 1 aromatic carbocycles. The van der Waals surface area contributed by atoms with Gasteiger partial charge in [-0.05, 0) is 16.5 Å². The summed E-state index contributed by atoms with van der Waals surface area (Å²) in [5, 5.41) is 3.40. The highest BCUT2D eigenvalue weighted by Crippen LogP contribution is 2.26. The van der Waals surface area contributed by atoms with Gasteiger partial charge in [-0.15, -0.1) is 31.4 Å². The number of rotatable bonds is 3. The van der Waals surface area contributed by atoms with Crippen molar-refractivity contribution >= 4 is 24.8 Å². The zero-order valence-corrected chi connectivity index (χ0v) is 14.9. The molecule has 0 radical (unpaired) electrons. The van der Waals surface area contributed by atoms with Crippen LogP contribution in [-0.4, -0.2) is 31.1 Å². The summed E-state index contributed by atoms with van der Waals surface area (Å²) in [7, 11) is 0. The van der Waals surface area contributed by atoms with Gasteiger partial charge in [-0.1, -0.05) is 51.1 Å². The Hall–Kier alpha value is -0.540. The molecule has 1 aromatic rings. The average molecular weight is 331 g/mol. The Morgan fingerprint density at radius 2 is 1.62 bits per heavy atom. The van der Waals surface area contributed by atoms with Crippen molar-refractivity contribution in [2.45, 2.75) is 32.2 Å². The summed E-state index contributed by atoms with van der Waals surface area (Å²) >= 11 is 0. The van der Waals surface area contributed by atoms with E-state index in [9.17, 15) is 0 Å². The lowest BCUT2D eigenvalue weighted by Gasteiger charge is -2.33. The second-order valence-corrected chi connectivity index (χ2v) is 6.34. The number of benzene rings is 1. The zero-order valence-electron chi connectivity index (χ0n) is 13.3. The minimum atomic E-state index is 0. The SMILES string of the molecule is C=C[C@H](c1ccc(C(C)(C)C)cc1)N1CCNCC1.Cl.Cl. The first-order valence-corrected chi connectivity index (χ1v) is 7.20. The molecule has 1 N–H and O–H groups in total. The molecule has 0 bridgehead atoms. The molecule has 2 nitrogen and oxygen atoms in total. The smallest absolute Gasteiger partial charge is 0.0529 e. The molecule has 1 atom stereocenters. The van der Waals surface area contributed by atoms with Crippen molar-refractivity contribution in [2.24, 2.45) is 0 Å². The third kappa shape index (κ3) is 5.30. The molecule has 2 rings (SSSR count). The topological polar surface area (TPSA) is 15.3 Å². The monoisotopic (exact) mass is 330 g/mol. The summed E-state index contributed by atoms with van der Waals surface area (Å²) in [5.41, 5.74) is 2.96. The van der Waals surface area contributed by atoms with Crippen LogP contribution in [0.2, 0.25) is 0 Å². The standard InChI is InChI=1S/C17H26N2.2ClH/c1-5-16(19-12-10-18-11-13-19)14-6-8-15(9-7-14)17(2,3)4;;/h5-9,16,18H,1,10-13H2,2-4H3;2*1H/t16-;;/m1../s1. The number of halogens is 2. The van der Waals surface area contributed by atoms with Gasteiger partial charge in [-0.2, -0.15) is 0 Å². The summed E-state index contributed by atoms with van der Waals surface area (Å²) < 4.78 is 0. The maximum absolute atomic E-state index is 4.02. The van der Waals surface area contributed by atoms with Gasteiger partial charge in [0, 0.05) is 26.2 Å². The van der Waals surface area contributed by atoms with Crippen LogP contribution in [-0.2, 0) is 5.41 Å². The second-order valence-electron chi connectivity index (χ2n) is 6.34. The molecule has 1 aliphatic rings. The van der Waals surface area contributed by atoms with Crippen molar-refractivity contribution in [3.05, 3.63) is 48.0 Å². The summed E-state index contributed by atoms with van der Waals surface area (Å²) in [4.78, 5) is 2.50. The summed E-state index contributed by atoms with van der Waals surface area (Å²) in [6, 6.07) is 9.38. The van der Waals surface area contributed by atoms with E-state index >= 15 is 0 Å². The van der Waals surface area contributed by atoms with Crippen molar-refractivity contribution < 1.29 is 0 Å². The van der Waals surface area contributed by atoms with Gasteiger partial charge in [0.1, 0.15) is 0 Å². The van der Waals surface area contributed by atoms with E-state index in [1.54, 1.807) is 0 Å². The van der Waals surface area contributed by atoms with Crippen molar-refractivity contribution in [3.63, 3.8) is 0 Å². The first-order valence-electron chi connectivity index (χ1n) is 7.20. The molecule has 4 heteroatoms. The Morgan fingerprint density at radius 1 is 1.10 bits per heavy atom. The highest BCUT2D eigenvalue weighted by atomic mass is 35.5. The van der Waals surface area contributed by atoms with Gasteiger partial charge in [0.2, 0.25) is 0 Å². The van der Waals surface area contributed by atoms with E-state index in [0.29, 0.717) is 6.04 Å². The predicted molar refractivity (Wildman–Crippen MR) is 97.0 cm³/mol. The molecule has 0 spiro atoms. The summed E-state index contributed by atoms with van der Waals surface area (Å²) in [5.74, 6) is 0. The zero-order chi connectivity index (χ0) is 13.9. The van der Waals surface area contributed by atoms with Crippen LogP contribution in [0.5, 0.6) is 0 Å². The van der Waals surface area contributed by atoms with E-state index in [2.05, 4.69) is 67.9 Å². The third-order valence-electron chi connectivity index (χ3n) is 3.89. The van der Waals surface area contributed by atoms with Crippen LogP contribution in [0.4, 0.5) is 0 Å². The van der Waals surface area contributed by atoms with Crippen LogP contribution < -0.4 is 5.32 Å². The summed E-state index contributed by atoms with van der Waals surface area (Å²) in [6.07, 6.45) is 2.07. The Labute approximate surface area is 141 Å². The van der Waals surface area contributed by atoms with Crippen molar-refractivity contribution in [3.8, 4) is 0 Å². The van der Waals surface area contributed by atoms with Gasteiger partial charge in [0.15, 0.2) is 0 Å². The molecule has 0 aliphatic carbocycles. The number of hydrogen-bond donors (Lipinski definition) is 1. The molecule has 1 fully saturated rings. The maximum atomic E-state index is 4.02. The van der Waals surface area contributed by atoms with E-state index in [4.69, 9.17) is 0 Å². The lowest BCUT2D eigenvalue weighted by atomic mass is 9.86. The van der Waals surface area contributed by atoms with Crippen LogP contribution in [0, 0.1) is 0 Å². The fourth-order valence-corrected chi connectivity index (χ4v) is 2.64. The highest BCUT2D eigenvalue weighted by Gasteiger charge is 2.20. The second kappa shape index (κ2) is 8.79. The van der Waals surface area contributed by atoms with Crippen LogP contribution >= 0.6 is 24.8 Å². The molecule has 0 amide bonds. The summed E-state index contributed by atoms with van der Waals surface area (Å²) in [6.45, 7) is 15.1. The van der Waals surface area contributed by atoms with E-state index in [0.717, 1.165) is 26.2 Å². The minimum absolute atomic E-state index is 0. The molecule has 1 heterocycles. The lowest BCUT2D eigenvalue weighted by molar-refractivity contribution is 0.203. The first kappa shape index (κ1) is 20.5. The molecule has 0 saturated carbocycles. The first-order chi connectivity index (χ1) is 9.02. The van der Waals surface area contributed by atoms with Crippen molar-refractivity contribution in [1.82, 2.24) is 10.2 Å². The Kier molecular flexibility index (Phi) is 8.57. The molecule has 1 aliphatic heterocycles. The average Bonchev–Trinajstić information content (AvgIpc) is 2.40. The van der Waals surface area contributed by atoms with Gasteiger partial charge < -0.3 is 5.32 Å². The number of piperazine rings is 1. The van der Waals surface area contributed by atoms with Crippen molar-refractivity contribution in [1.29, 1.82) is 0 Å². The normalized spacial score (nSPS) is 17.3. The largest absolute Gasteiger partial charge is 0.314 e. The number of nitrogens with one attached hydrogen (secondary N) is 1. The number of nitrogens with zero attached hydrogens (tertiary/aromatic N) is 1. The van der Waals surface area contributed by atoms with Crippen LogP contribution in [0.1, 0.15) is 37.9 Å². The Balaban J connectivity index is 0.00000200. The van der Waals surface area contributed by atoms with E-state index in [1.165, 1.54) is 11.1 Å². The molecule has 21 heavy (non-hydrogen) atoms. The highest BCUT2D eigenvalue weighted by molar-refractivity contribution is 5.85. The van der Waals surface area contributed by atoms with Gasteiger partial charge in [0.05, 0.1) is 6.04 Å². The Morgan fingerprint density at radius 3 is 2.05 bits per heavy atom. The van der Waals surface area contributed by atoms with Gasteiger partial charge >= 0.3 is 0 Å². The molecule has 0 unspecified atom stereocenters.